The van der Waals surface area contributed by atoms with Crippen LogP contribution in [0.3, 0.4) is 0 Å². The van der Waals surface area contributed by atoms with Gasteiger partial charge in [-0.05, 0) is 17.7 Å². The van der Waals surface area contributed by atoms with Crippen LogP contribution in [-0.2, 0) is 0 Å². The van der Waals surface area contributed by atoms with Crippen LogP contribution in [0, 0.1) is 0 Å². The molecule has 0 aliphatic carbocycles. The maximum Gasteiger partial charge on any atom is 0.153 e. The van der Waals surface area contributed by atoms with Crippen LogP contribution >= 0.6 is 23.2 Å². The van der Waals surface area contributed by atoms with Gasteiger partial charge >= 0.3 is 0 Å². The molecular weight excluding hydrogens is 325 g/mol. The number of nitrogens with zero attached hydrogens (tertiary/aromatic N) is 1. The number of halogens is 2. The molecule has 3 rings (SSSR count). The van der Waals surface area contributed by atoms with E-state index in [0.29, 0.717) is 32.9 Å². The van der Waals surface area contributed by atoms with E-state index in [1.807, 2.05) is 18.2 Å². The molecule has 0 aliphatic heterocycles. The van der Waals surface area contributed by atoms with E-state index in [-0.39, 0.29) is 0 Å². The second-order valence-corrected chi connectivity index (χ2v) is 5.41. The Bertz CT molecular complexity index is 833. The highest BCUT2D eigenvalue weighted by atomic mass is 35.5. The maximum absolute atomic E-state index is 6.42. The highest BCUT2D eigenvalue weighted by Crippen LogP contribution is 2.46. The Balaban J connectivity index is 2.28. The summed E-state index contributed by atoms with van der Waals surface area (Å²) in [6.07, 6.45) is 0. The molecule has 0 bridgehead atoms. The molecule has 0 fully saturated rings. The number of ether oxygens (including phenoxy) is 2. The molecular formula is C15H13Cl2N3O2. The number of nitrogen functional groups attached to an aromatic ring is 1. The summed E-state index contributed by atoms with van der Waals surface area (Å²) in [6.45, 7) is 0. The zero-order chi connectivity index (χ0) is 15.9. The highest BCUT2D eigenvalue weighted by Gasteiger charge is 2.19. The van der Waals surface area contributed by atoms with Crippen molar-refractivity contribution in [3.63, 3.8) is 0 Å². The third-order valence-corrected chi connectivity index (χ3v) is 4.21. The summed E-state index contributed by atoms with van der Waals surface area (Å²) >= 11 is 12.8. The van der Waals surface area contributed by atoms with Crippen molar-refractivity contribution in [1.82, 2.24) is 10.2 Å². The Morgan fingerprint density at radius 2 is 1.68 bits per heavy atom. The fourth-order valence-corrected chi connectivity index (χ4v) is 3.05. The van der Waals surface area contributed by atoms with Gasteiger partial charge < -0.3 is 15.2 Å². The molecule has 0 spiro atoms. The van der Waals surface area contributed by atoms with Gasteiger partial charge in [-0.2, -0.15) is 5.10 Å². The van der Waals surface area contributed by atoms with Crippen LogP contribution in [0.5, 0.6) is 11.5 Å². The number of aromatic amines is 1. The number of anilines is 1. The van der Waals surface area contributed by atoms with Crippen molar-refractivity contribution in [3.8, 4) is 22.6 Å². The van der Waals surface area contributed by atoms with Gasteiger partial charge in [0.05, 0.1) is 29.8 Å². The first-order valence-corrected chi connectivity index (χ1v) is 7.16. The minimum Gasteiger partial charge on any atom is -0.495 e. The van der Waals surface area contributed by atoms with Gasteiger partial charge in [0.2, 0.25) is 0 Å². The van der Waals surface area contributed by atoms with Gasteiger partial charge in [0, 0.05) is 17.0 Å². The molecule has 0 amide bonds. The van der Waals surface area contributed by atoms with Crippen molar-refractivity contribution in [2.24, 2.45) is 0 Å². The van der Waals surface area contributed by atoms with Gasteiger partial charge in [-0.15, -0.1) is 0 Å². The summed E-state index contributed by atoms with van der Waals surface area (Å²) in [5, 5.41) is 8.52. The molecule has 114 valence electrons. The number of nitrogens with one attached hydrogen (secondary N) is 1. The van der Waals surface area contributed by atoms with E-state index in [9.17, 15) is 0 Å². The summed E-state index contributed by atoms with van der Waals surface area (Å²) in [7, 11) is 3.08. The number of benzene rings is 2. The van der Waals surface area contributed by atoms with Gasteiger partial charge in [-0.3, -0.25) is 5.10 Å². The quantitative estimate of drug-likeness (QED) is 0.753. The topological polar surface area (TPSA) is 73.2 Å². The minimum atomic E-state index is 0.417. The van der Waals surface area contributed by atoms with Crippen LogP contribution in [0.2, 0.25) is 10.0 Å². The fraction of sp³-hybridized carbons (Fsp3) is 0.133. The number of rotatable bonds is 3. The van der Waals surface area contributed by atoms with E-state index in [0.717, 1.165) is 16.5 Å². The van der Waals surface area contributed by atoms with Crippen LogP contribution < -0.4 is 15.2 Å². The second kappa shape index (κ2) is 5.59. The van der Waals surface area contributed by atoms with Gasteiger partial charge in [-0.1, -0.05) is 29.3 Å². The van der Waals surface area contributed by atoms with E-state index >= 15 is 0 Å². The van der Waals surface area contributed by atoms with E-state index in [1.54, 1.807) is 6.07 Å². The Hall–Kier alpha value is -2.11. The number of hydrogen-bond acceptors (Lipinski definition) is 4. The molecule has 0 atom stereocenters. The number of methoxy groups -OCH3 is 2. The summed E-state index contributed by atoms with van der Waals surface area (Å²) in [4.78, 5) is 0. The number of H-pyrrole nitrogens is 1. The van der Waals surface area contributed by atoms with Crippen molar-refractivity contribution in [2.45, 2.75) is 0 Å². The van der Waals surface area contributed by atoms with Crippen molar-refractivity contribution in [2.75, 3.05) is 20.0 Å². The van der Waals surface area contributed by atoms with Gasteiger partial charge in [0.25, 0.3) is 0 Å². The predicted octanol–water partition coefficient (Wildman–Crippen LogP) is 4.14. The lowest BCUT2D eigenvalue weighted by Gasteiger charge is -2.14. The highest BCUT2D eigenvalue weighted by molar-refractivity contribution is 6.41. The summed E-state index contributed by atoms with van der Waals surface area (Å²) in [6, 6.07) is 7.27. The van der Waals surface area contributed by atoms with Crippen LogP contribution in [0.1, 0.15) is 0 Å². The maximum atomic E-state index is 6.42. The Kier molecular flexibility index (Phi) is 3.76. The first-order valence-electron chi connectivity index (χ1n) is 6.40. The summed E-state index contributed by atoms with van der Waals surface area (Å²) in [5.41, 5.74) is 8.02. The van der Waals surface area contributed by atoms with E-state index in [2.05, 4.69) is 10.2 Å². The van der Waals surface area contributed by atoms with Crippen molar-refractivity contribution < 1.29 is 9.47 Å². The Morgan fingerprint density at radius 1 is 1.05 bits per heavy atom. The molecule has 22 heavy (non-hydrogen) atoms. The molecule has 0 unspecified atom stereocenters. The zero-order valence-corrected chi connectivity index (χ0v) is 13.4. The van der Waals surface area contributed by atoms with E-state index in [4.69, 9.17) is 38.4 Å². The first kappa shape index (κ1) is 14.8. The molecule has 7 heteroatoms. The minimum absolute atomic E-state index is 0.417. The lowest BCUT2D eigenvalue weighted by molar-refractivity contribution is 0.395. The van der Waals surface area contributed by atoms with Crippen LogP contribution in [-0.4, -0.2) is 24.4 Å². The molecule has 0 radical (unpaired) electrons. The monoisotopic (exact) mass is 337 g/mol. The average Bonchev–Trinajstić information content (AvgIpc) is 2.89. The molecule has 3 aromatic rings. The van der Waals surface area contributed by atoms with Crippen molar-refractivity contribution >= 4 is 39.9 Å². The molecule has 0 aliphatic rings. The third kappa shape index (κ3) is 2.23. The molecule has 2 aromatic carbocycles. The zero-order valence-electron chi connectivity index (χ0n) is 11.9. The number of aromatic nitrogens is 2. The standard InChI is InChI=1S/C15H13Cl2N3O2/c1-21-10-6-11(22-2)14(17)12(13(10)16)7-3-4-8-9(5-7)19-20-15(8)18/h3-6H,1-2H3,(H3,18,19,20). The molecule has 5 nitrogen and oxygen atoms in total. The Labute approximate surface area is 136 Å². The third-order valence-electron chi connectivity index (χ3n) is 3.45. The summed E-state index contributed by atoms with van der Waals surface area (Å²) < 4.78 is 10.6. The molecule has 1 heterocycles. The Morgan fingerprint density at radius 3 is 2.27 bits per heavy atom. The SMILES string of the molecule is COc1cc(OC)c(Cl)c(-c2ccc3c(N)n[nH]c3c2)c1Cl. The van der Waals surface area contributed by atoms with Crippen molar-refractivity contribution in [3.05, 3.63) is 34.3 Å². The van der Waals surface area contributed by atoms with Crippen LogP contribution in [0.25, 0.3) is 22.0 Å². The number of nitrogens with two attached hydrogens (primary N) is 1. The normalized spacial score (nSPS) is 10.9. The van der Waals surface area contributed by atoms with Crippen LogP contribution in [0.4, 0.5) is 5.82 Å². The smallest absolute Gasteiger partial charge is 0.153 e. The lowest BCUT2D eigenvalue weighted by atomic mass is 10.0. The fourth-order valence-electron chi connectivity index (χ4n) is 2.34. The largest absolute Gasteiger partial charge is 0.495 e. The van der Waals surface area contributed by atoms with Crippen molar-refractivity contribution in [1.29, 1.82) is 0 Å². The molecule has 0 saturated heterocycles. The number of hydrogen-bond donors (Lipinski definition) is 2. The first-order chi connectivity index (χ1) is 10.6. The average molecular weight is 338 g/mol. The molecule has 3 N–H and O–H groups in total. The lowest BCUT2D eigenvalue weighted by Crippen LogP contribution is -1.93. The predicted molar refractivity (Wildman–Crippen MR) is 89.1 cm³/mol. The van der Waals surface area contributed by atoms with E-state index in [1.165, 1.54) is 14.2 Å². The van der Waals surface area contributed by atoms with Crippen LogP contribution in [0.15, 0.2) is 24.3 Å². The van der Waals surface area contributed by atoms with Gasteiger partial charge in [0.15, 0.2) is 5.82 Å². The van der Waals surface area contributed by atoms with E-state index < -0.39 is 0 Å². The van der Waals surface area contributed by atoms with Gasteiger partial charge in [-0.25, -0.2) is 0 Å². The molecule has 0 saturated carbocycles. The molecule has 1 aromatic heterocycles. The number of fused-ring (bicyclic) bond motifs is 1. The van der Waals surface area contributed by atoms with Gasteiger partial charge in [0.1, 0.15) is 11.5 Å². The summed E-state index contributed by atoms with van der Waals surface area (Å²) in [5.74, 6) is 1.42. The second-order valence-electron chi connectivity index (χ2n) is 4.65.